The van der Waals surface area contributed by atoms with Crippen molar-refractivity contribution in [1.29, 1.82) is 0 Å². The minimum atomic E-state index is -0.943. The SMILES string of the molecule is CCCNC(=O)c1nn(CC)cc1NC(=O)c1ccn(CCC(=O)O)n1. The minimum absolute atomic E-state index is 0.0895. The quantitative estimate of drug-likeness (QED) is 0.609. The monoisotopic (exact) mass is 362 g/mol. The molecule has 0 saturated carbocycles. The van der Waals surface area contributed by atoms with Crippen molar-refractivity contribution in [1.82, 2.24) is 24.9 Å². The molecular weight excluding hydrogens is 340 g/mol. The van der Waals surface area contributed by atoms with Crippen LogP contribution in [0, 0.1) is 0 Å². The number of nitrogens with zero attached hydrogens (tertiary/aromatic N) is 4. The van der Waals surface area contributed by atoms with Gasteiger partial charge in [0, 0.05) is 25.5 Å². The molecule has 2 aromatic heterocycles. The summed E-state index contributed by atoms with van der Waals surface area (Å²) in [4.78, 5) is 35.2. The van der Waals surface area contributed by atoms with Gasteiger partial charge in [-0.05, 0) is 19.4 Å². The fourth-order valence-corrected chi connectivity index (χ4v) is 2.17. The second-order valence-electron chi connectivity index (χ2n) is 5.56. The third-order valence-corrected chi connectivity index (χ3v) is 3.51. The van der Waals surface area contributed by atoms with Gasteiger partial charge in [0.05, 0.1) is 18.7 Å². The Morgan fingerprint density at radius 2 is 1.92 bits per heavy atom. The van der Waals surface area contributed by atoms with E-state index in [9.17, 15) is 14.4 Å². The summed E-state index contributed by atoms with van der Waals surface area (Å²) in [6, 6.07) is 1.48. The minimum Gasteiger partial charge on any atom is -0.481 e. The molecule has 0 spiro atoms. The van der Waals surface area contributed by atoms with Gasteiger partial charge in [0.1, 0.15) is 0 Å². The second-order valence-corrected chi connectivity index (χ2v) is 5.56. The number of hydrogen-bond acceptors (Lipinski definition) is 5. The number of anilines is 1. The van der Waals surface area contributed by atoms with E-state index in [0.717, 1.165) is 6.42 Å². The van der Waals surface area contributed by atoms with Crippen molar-refractivity contribution in [2.24, 2.45) is 0 Å². The first-order chi connectivity index (χ1) is 12.4. The van der Waals surface area contributed by atoms with Gasteiger partial charge < -0.3 is 15.7 Å². The van der Waals surface area contributed by atoms with Gasteiger partial charge in [-0.25, -0.2) is 0 Å². The van der Waals surface area contributed by atoms with E-state index in [1.165, 1.54) is 16.9 Å². The summed E-state index contributed by atoms with van der Waals surface area (Å²) in [5.41, 5.74) is 0.559. The second kappa shape index (κ2) is 8.79. The molecule has 2 amide bonds. The van der Waals surface area contributed by atoms with Crippen LogP contribution in [-0.4, -0.2) is 49.0 Å². The number of carboxylic acids is 1. The van der Waals surface area contributed by atoms with Crippen LogP contribution in [0.5, 0.6) is 0 Å². The average Bonchev–Trinajstić information content (AvgIpc) is 3.24. The number of aromatic nitrogens is 4. The summed E-state index contributed by atoms with van der Waals surface area (Å²) in [5.74, 6) is -1.80. The number of carboxylic acid groups (broad SMARTS) is 1. The third kappa shape index (κ3) is 4.91. The van der Waals surface area contributed by atoms with Crippen molar-refractivity contribution in [2.75, 3.05) is 11.9 Å². The van der Waals surface area contributed by atoms with Crippen molar-refractivity contribution in [3.63, 3.8) is 0 Å². The molecule has 0 unspecified atom stereocenters. The molecule has 0 aromatic carbocycles. The van der Waals surface area contributed by atoms with E-state index in [2.05, 4.69) is 20.8 Å². The van der Waals surface area contributed by atoms with Gasteiger partial charge in [-0.2, -0.15) is 10.2 Å². The van der Waals surface area contributed by atoms with E-state index in [1.54, 1.807) is 10.9 Å². The van der Waals surface area contributed by atoms with Crippen LogP contribution in [0.25, 0.3) is 0 Å². The maximum Gasteiger partial charge on any atom is 0.305 e. The van der Waals surface area contributed by atoms with Crippen molar-refractivity contribution in [2.45, 2.75) is 39.8 Å². The number of carbonyl (C=O) groups excluding carboxylic acids is 2. The smallest absolute Gasteiger partial charge is 0.305 e. The molecule has 0 aliphatic carbocycles. The third-order valence-electron chi connectivity index (χ3n) is 3.51. The maximum absolute atomic E-state index is 12.4. The number of aliphatic carboxylic acids is 1. The molecule has 0 radical (unpaired) electrons. The number of aryl methyl sites for hydroxylation is 2. The van der Waals surface area contributed by atoms with Crippen LogP contribution in [0.2, 0.25) is 0 Å². The Kier molecular flexibility index (Phi) is 6.48. The van der Waals surface area contributed by atoms with Gasteiger partial charge in [0.15, 0.2) is 11.4 Å². The zero-order valence-corrected chi connectivity index (χ0v) is 14.7. The molecular formula is C16H22N6O4. The lowest BCUT2D eigenvalue weighted by atomic mass is 10.3. The Morgan fingerprint density at radius 1 is 1.15 bits per heavy atom. The van der Waals surface area contributed by atoms with Gasteiger partial charge in [0.25, 0.3) is 11.8 Å². The molecule has 2 heterocycles. The summed E-state index contributed by atoms with van der Waals surface area (Å²) in [6.45, 7) is 5.04. The normalized spacial score (nSPS) is 10.5. The standard InChI is InChI=1S/C16H22N6O4/c1-3-7-17-16(26)14-12(10-21(4-2)20-14)18-15(25)11-5-8-22(19-11)9-6-13(23)24/h5,8,10H,3-4,6-7,9H2,1-2H3,(H,17,26)(H,18,25)(H,23,24). The molecule has 0 saturated heterocycles. The lowest BCUT2D eigenvalue weighted by Crippen LogP contribution is -2.26. The number of rotatable bonds is 9. The Hall–Kier alpha value is -3.17. The van der Waals surface area contributed by atoms with Gasteiger partial charge in [-0.1, -0.05) is 6.92 Å². The van der Waals surface area contributed by atoms with Crippen molar-refractivity contribution in [3.8, 4) is 0 Å². The Bertz CT molecular complexity index is 795. The number of amides is 2. The van der Waals surface area contributed by atoms with E-state index in [0.29, 0.717) is 18.8 Å². The first-order valence-electron chi connectivity index (χ1n) is 8.36. The predicted octanol–water partition coefficient (Wildman–Crippen LogP) is 0.966. The molecule has 0 fully saturated rings. The highest BCUT2D eigenvalue weighted by Gasteiger charge is 2.19. The molecule has 0 aliphatic heterocycles. The highest BCUT2D eigenvalue weighted by Crippen LogP contribution is 2.15. The van der Waals surface area contributed by atoms with E-state index in [1.807, 2.05) is 13.8 Å². The Morgan fingerprint density at radius 3 is 2.58 bits per heavy atom. The van der Waals surface area contributed by atoms with Gasteiger partial charge in [-0.15, -0.1) is 0 Å². The molecule has 10 heteroatoms. The molecule has 10 nitrogen and oxygen atoms in total. The van der Waals surface area contributed by atoms with Crippen LogP contribution in [0.15, 0.2) is 18.5 Å². The van der Waals surface area contributed by atoms with Crippen LogP contribution in [0.1, 0.15) is 47.7 Å². The van der Waals surface area contributed by atoms with Gasteiger partial charge in [-0.3, -0.25) is 23.7 Å². The van der Waals surface area contributed by atoms with Crippen LogP contribution < -0.4 is 10.6 Å². The summed E-state index contributed by atoms with van der Waals surface area (Å²) >= 11 is 0. The highest BCUT2D eigenvalue weighted by molar-refractivity contribution is 6.07. The Balaban J connectivity index is 2.11. The summed E-state index contributed by atoms with van der Waals surface area (Å²) < 4.78 is 2.94. The van der Waals surface area contributed by atoms with Crippen molar-refractivity contribution in [3.05, 3.63) is 29.8 Å². The van der Waals surface area contributed by atoms with E-state index in [-0.39, 0.29) is 30.3 Å². The van der Waals surface area contributed by atoms with E-state index in [4.69, 9.17) is 5.11 Å². The first kappa shape index (κ1) is 19.2. The lowest BCUT2D eigenvalue weighted by molar-refractivity contribution is -0.137. The van der Waals surface area contributed by atoms with E-state index < -0.39 is 11.9 Å². The van der Waals surface area contributed by atoms with Crippen molar-refractivity contribution < 1.29 is 19.5 Å². The zero-order valence-electron chi connectivity index (χ0n) is 14.7. The fourth-order valence-electron chi connectivity index (χ4n) is 2.17. The first-order valence-corrected chi connectivity index (χ1v) is 8.36. The topological polar surface area (TPSA) is 131 Å². The number of hydrogen-bond donors (Lipinski definition) is 3. The van der Waals surface area contributed by atoms with Gasteiger partial charge >= 0.3 is 5.97 Å². The van der Waals surface area contributed by atoms with Crippen LogP contribution in [0.4, 0.5) is 5.69 Å². The molecule has 2 rings (SSSR count). The van der Waals surface area contributed by atoms with Crippen LogP contribution >= 0.6 is 0 Å². The average molecular weight is 362 g/mol. The predicted molar refractivity (Wildman–Crippen MR) is 93.0 cm³/mol. The lowest BCUT2D eigenvalue weighted by Gasteiger charge is -2.04. The highest BCUT2D eigenvalue weighted by atomic mass is 16.4. The molecule has 0 aliphatic rings. The van der Waals surface area contributed by atoms with E-state index >= 15 is 0 Å². The number of nitrogens with one attached hydrogen (secondary N) is 2. The maximum atomic E-state index is 12.4. The summed E-state index contributed by atoms with van der Waals surface area (Å²) in [5, 5.41) is 22.3. The van der Waals surface area contributed by atoms with Crippen LogP contribution in [0.3, 0.4) is 0 Å². The zero-order chi connectivity index (χ0) is 19.1. The summed E-state index contributed by atoms with van der Waals surface area (Å²) in [7, 11) is 0. The number of carbonyl (C=O) groups is 3. The molecule has 140 valence electrons. The molecule has 0 bridgehead atoms. The largest absolute Gasteiger partial charge is 0.481 e. The molecule has 3 N–H and O–H groups in total. The Labute approximate surface area is 150 Å². The fraction of sp³-hybridized carbons (Fsp3) is 0.438. The van der Waals surface area contributed by atoms with Crippen LogP contribution in [-0.2, 0) is 17.9 Å². The molecule has 2 aromatic rings. The molecule has 0 atom stereocenters. The molecule has 26 heavy (non-hydrogen) atoms. The van der Waals surface area contributed by atoms with Crippen molar-refractivity contribution >= 4 is 23.5 Å². The van der Waals surface area contributed by atoms with Gasteiger partial charge in [0.2, 0.25) is 0 Å². The summed E-state index contributed by atoms with van der Waals surface area (Å²) in [6.07, 6.45) is 3.81.